The Hall–Kier alpha value is -0.980. The van der Waals surface area contributed by atoms with Crippen LogP contribution in [0.25, 0.3) is 0 Å². The quantitative estimate of drug-likeness (QED) is 0.704. The molecule has 0 saturated carbocycles. The Morgan fingerprint density at radius 2 is 2.07 bits per heavy atom. The highest BCUT2D eigenvalue weighted by molar-refractivity contribution is 5.47. The Morgan fingerprint density at radius 1 is 1.29 bits per heavy atom. The summed E-state index contributed by atoms with van der Waals surface area (Å²) in [4.78, 5) is 2.57. The first-order valence-electron chi connectivity index (χ1n) is 5.73. The zero-order valence-electron chi connectivity index (χ0n) is 8.95. The summed E-state index contributed by atoms with van der Waals surface area (Å²) >= 11 is 0. The van der Waals surface area contributed by atoms with Gasteiger partial charge in [0.05, 0.1) is 0 Å². The van der Waals surface area contributed by atoms with Crippen molar-refractivity contribution in [2.75, 3.05) is 11.4 Å². The molecule has 76 valence electrons. The van der Waals surface area contributed by atoms with Gasteiger partial charge in [-0.05, 0) is 31.4 Å². The minimum absolute atomic E-state index is 0.794. The monoisotopic (exact) mass is 189 g/mol. The van der Waals surface area contributed by atoms with E-state index in [1.807, 2.05) is 0 Å². The van der Waals surface area contributed by atoms with E-state index in [1.54, 1.807) is 0 Å². The van der Waals surface area contributed by atoms with E-state index < -0.39 is 0 Å². The average Bonchev–Trinajstić information content (AvgIpc) is 2.68. The molecule has 1 aliphatic heterocycles. The van der Waals surface area contributed by atoms with Crippen LogP contribution in [0.5, 0.6) is 0 Å². The number of benzene rings is 1. The van der Waals surface area contributed by atoms with Crippen molar-refractivity contribution in [3.63, 3.8) is 0 Å². The molecule has 1 nitrogen and oxygen atoms in total. The molecule has 0 amide bonds. The van der Waals surface area contributed by atoms with Crippen LogP contribution in [-0.4, -0.2) is 12.6 Å². The van der Waals surface area contributed by atoms with Crippen molar-refractivity contribution >= 4 is 5.69 Å². The van der Waals surface area contributed by atoms with Crippen LogP contribution < -0.4 is 4.90 Å². The maximum absolute atomic E-state index is 2.57. The molecule has 1 fully saturated rings. The Labute approximate surface area is 86.7 Å². The first kappa shape index (κ1) is 9.57. The Morgan fingerprint density at radius 3 is 2.79 bits per heavy atom. The highest BCUT2D eigenvalue weighted by atomic mass is 15.2. The Kier molecular flexibility index (Phi) is 3.07. The molecule has 0 aliphatic carbocycles. The molecule has 1 atom stereocenters. The van der Waals surface area contributed by atoms with Gasteiger partial charge in [-0.3, -0.25) is 0 Å². The van der Waals surface area contributed by atoms with Crippen LogP contribution >= 0.6 is 0 Å². The van der Waals surface area contributed by atoms with Gasteiger partial charge in [-0.2, -0.15) is 0 Å². The zero-order chi connectivity index (χ0) is 9.80. The van der Waals surface area contributed by atoms with E-state index in [4.69, 9.17) is 0 Å². The molecule has 0 spiro atoms. The van der Waals surface area contributed by atoms with Crippen molar-refractivity contribution in [2.24, 2.45) is 0 Å². The molecule has 1 unspecified atom stereocenters. The third-order valence-corrected chi connectivity index (χ3v) is 3.09. The molecule has 1 aliphatic rings. The van der Waals surface area contributed by atoms with E-state index >= 15 is 0 Å². The largest absolute Gasteiger partial charge is 0.369 e. The lowest BCUT2D eigenvalue weighted by molar-refractivity contribution is 0.600. The van der Waals surface area contributed by atoms with Gasteiger partial charge in [-0.25, -0.2) is 0 Å². The molecule has 0 N–H and O–H groups in total. The summed E-state index contributed by atoms with van der Waals surface area (Å²) < 4.78 is 0. The molecule has 0 bridgehead atoms. The molecule has 1 aromatic carbocycles. The van der Waals surface area contributed by atoms with Crippen molar-refractivity contribution in [2.45, 2.75) is 38.6 Å². The third kappa shape index (κ3) is 1.92. The zero-order valence-corrected chi connectivity index (χ0v) is 8.95. The maximum atomic E-state index is 2.57. The van der Waals surface area contributed by atoms with Crippen molar-refractivity contribution in [3.8, 4) is 0 Å². The van der Waals surface area contributed by atoms with Crippen molar-refractivity contribution < 1.29 is 0 Å². The van der Waals surface area contributed by atoms with Gasteiger partial charge >= 0.3 is 0 Å². The number of hydrogen-bond donors (Lipinski definition) is 0. The predicted molar refractivity (Wildman–Crippen MR) is 61.7 cm³/mol. The molecule has 1 heterocycles. The predicted octanol–water partition coefficient (Wildman–Crippen LogP) is 3.46. The fraction of sp³-hybridized carbons (Fsp3) is 0.538. The van der Waals surface area contributed by atoms with Crippen molar-refractivity contribution in [1.29, 1.82) is 0 Å². The number of hydrogen-bond acceptors (Lipinski definition) is 1. The molecule has 1 aromatic rings. The number of anilines is 1. The van der Waals surface area contributed by atoms with Crippen LogP contribution in [0.3, 0.4) is 0 Å². The SMILES string of the molecule is CCCC1CCCN1c1ccccc1. The van der Waals surface area contributed by atoms with Gasteiger partial charge < -0.3 is 4.90 Å². The highest BCUT2D eigenvalue weighted by Crippen LogP contribution is 2.27. The van der Waals surface area contributed by atoms with Crippen LogP contribution in [0.1, 0.15) is 32.6 Å². The van der Waals surface area contributed by atoms with Gasteiger partial charge in [0.15, 0.2) is 0 Å². The van der Waals surface area contributed by atoms with Gasteiger partial charge in [0.25, 0.3) is 0 Å². The van der Waals surface area contributed by atoms with E-state index in [-0.39, 0.29) is 0 Å². The van der Waals surface area contributed by atoms with Gasteiger partial charge in [0, 0.05) is 18.3 Å². The minimum Gasteiger partial charge on any atom is -0.369 e. The normalized spacial score (nSPS) is 21.5. The van der Waals surface area contributed by atoms with Gasteiger partial charge in [0.2, 0.25) is 0 Å². The second kappa shape index (κ2) is 4.50. The van der Waals surface area contributed by atoms with Crippen molar-refractivity contribution in [3.05, 3.63) is 30.3 Å². The number of para-hydroxylation sites is 1. The number of rotatable bonds is 3. The second-order valence-corrected chi connectivity index (χ2v) is 4.11. The average molecular weight is 189 g/mol. The van der Waals surface area contributed by atoms with E-state index in [2.05, 4.69) is 42.2 Å². The third-order valence-electron chi connectivity index (χ3n) is 3.09. The second-order valence-electron chi connectivity index (χ2n) is 4.11. The molecular formula is C13H19N. The van der Waals surface area contributed by atoms with Crippen LogP contribution in [0.4, 0.5) is 5.69 Å². The molecule has 0 radical (unpaired) electrons. The molecule has 0 aromatic heterocycles. The fourth-order valence-electron chi connectivity index (χ4n) is 2.43. The Bertz CT molecular complexity index is 268. The maximum Gasteiger partial charge on any atom is 0.0368 e. The number of nitrogens with zero attached hydrogens (tertiary/aromatic N) is 1. The molecular weight excluding hydrogens is 170 g/mol. The molecule has 14 heavy (non-hydrogen) atoms. The summed E-state index contributed by atoms with van der Waals surface area (Å²) in [5.41, 5.74) is 1.41. The van der Waals surface area contributed by atoms with Gasteiger partial charge in [-0.1, -0.05) is 31.5 Å². The molecule has 2 rings (SSSR count). The van der Waals surface area contributed by atoms with Crippen LogP contribution in [0, 0.1) is 0 Å². The summed E-state index contributed by atoms with van der Waals surface area (Å²) in [5.74, 6) is 0. The summed E-state index contributed by atoms with van der Waals surface area (Å²) in [6, 6.07) is 11.6. The van der Waals surface area contributed by atoms with Gasteiger partial charge in [-0.15, -0.1) is 0 Å². The van der Waals surface area contributed by atoms with Crippen LogP contribution in [0.2, 0.25) is 0 Å². The standard InChI is InChI=1S/C13H19N/c1-2-7-12-10-6-11-14(12)13-8-4-3-5-9-13/h3-5,8-9,12H,2,6-7,10-11H2,1H3. The molecule has 1 saturated heterocycles. The lowest BCUT2D eigenvalue weighted by Crippen LogP contribution is -2.28. The highest BCUT2D eigenvalue weighted by Gasteiger charge is 2.23. The summed E-state index contributed by atoms with van der Waals surface area (Å²) in [7, 11) is 0. The molecule has 1 heteroatoms. The lowest BCUT2D eigenvalue weighted by Gasteiger charge is -2.26. The minimum atomic E-state index is 0.794. The summed E-state index contributed by atoms with van der Waals surface area (Å²) in [5, 5.41) is 0. The Balaban J connectivity index is 2.10. The van der Waals surface area contributed by atoms with E-state index in [0.717, 1.165) is 6.04 Å². The van der Waals surface area contributed by atoms with Crippen LogP contribution in [0.15, 0.2) is 30.3 Å². The van der Waals surface area contributed by atoms with E-state index in [0.29, 0.717) is 0 Å². The summed E-state index contributed by atoms with van der Waals surface area (Å²) in [6.45, 7) is 3.52. The smallest absolute Gasteiger partial charge is 0.0368 e. The summed E-state index contributed by atoms with van der Waals surface area (Å²) in [6.07, 6.45) is 5.38. The first-order chi connectivity index (χ1) is 6.92. The van der Waals surface area contributed by atoms with Crippen LogP contribution in [-0.2, 0) is 0 Å². The fourth-order valence-corrected chi connectivity index (χ4v) is 2.43. The van der Waals surface area contributed by atoms with Crippen molar-refractivity contribution in [1.82, 2.24) is 0 Å². The lowest BCUT2D eigenvalue weighted by atomic mass is 10.1. The van der Waals surface area contributed by atoms with Gasteiger partial charge in [0.1, 0.15) is 0 Å². The first-order valence-corrected chi connectivity index (χ1v) is 5.73. The topological polar surface area (TPSA) is 3.24 Å². The van der Waals surface area contributed by atoms with E-state index in [9.17, 15) is 0 Å². The van der Waals surface area contributed by atoms with E-state index in [1.165, 1.54) is 37.9 Å².